The third-order valence-electron chi connectivity index (χ3n) is 4.32. The molecule has 0 atom stereocenters. The molecule has 126 valence electrons. The molecular weight excluding hydrogens is 346 g/mol. The summed E-state index contributed by atoms with van der Waals surface area (Å²) in [6, 6.07) is 12.1. The molecule has 0 spiro atoms. The van der Waals surface area contributed by atoms with Crippen molar-refractivity contribution in [1.29, 1.82) is 0 Å². The zero-order chi connectivity index (χ0) is 16.0. The number of sulfone groups is 1. The van der Waals surface area contributed by atoms with Crippen LogP contribution in [0, 0.1) is 6.92 Å². The molecule has 2 heterocycles. The fraction of sp³-hybridized carbons (Fsp3) is 0.222. The van der Waals surface area contributed by atoms with Crippen LogP contribution in [-0.2, 0) is 22.8 Å². The second kappa shape index (κ2) is 6.24. The Morgan fingerprint density at radius 2 is 1.75 bits per heavy atom. The lowest BCUT2D eigenvalue weighted by Crippen LogP contribution is -2.22. The molecule has 4 nitrogen and oxygen atoms in total. The molecule has 0 amide bonds. The van der Waals surface area contributed by atoms with Crippen LogP contribution in [0.1, 0.15) is 16.9 Å². The largest absolute Gasteiger partial charge is 0.461 e. The van der Waals surface area contributed by atoms with Gasteiger partial charge in [-0.25, -0.2) is 8.42 Å². The minimum absolute atomic E-state index is 0. The van der Waals surface area contributed by atoms with E-state index in [1.807, 2.05) is 19.1 Å². The summed E-state index contributed by atoms with van der Waals surface area (Å²) < 4.78 is 31.5. The first-order valence-electron chi connectivity index (χ1n) is 7.62. The van der Waals surface area contributed by atoms with Crippen molar-refractivity contribution in [3.8, 4) is 0 Å². The van der Waals surface area contributed by atoms with E-state index in [1.54, 1.807) is 30.3 Å². The minimum atomic E-state index is -3.51. The van der Waals surface area contributed by atoms with Gasteiger partial charge < -0.3 is 9.73 Å². The predicted octanol–water partition coefficient (Wildman–Crippen LogP) is 3.64. The Labute approximate surface area is 147 Å². The van der Waals surface area contributed by atoms with Crippen molar-refractivity contribution in [3.63, 3.8) is 0 Å². The summed E-state index contributed by atoms with van der Waals surface area (Å²) in [7, 11) is -3.51. The Balaban J connectivity index is 0.00000169. The summed E-state index contributed by atoms with van der Waals surface area (Å²) >= 11 is 0. The molecule has 0 radical (unpaired) electrons. The molecular formula is C18H18ClNO3S. The Kier molecular flexibility index (Phi) is 4.42. The third-order valence-corrected chi connectivity index (χ3v) is 6.09. The summed E-state index contributed by atoms with van der Waals surface area (Å²) in [4.78, 5) is 0.626. The lowest BCUT2D eigenvalue weighted by Gasteiger charge is -2.11. The van der Waals surface area contributed by atoms with Crippen LogP contribution in [0.15, 0.2) is 56.7 Å². The summed E-state index contributed by atoms with van der Waals surface area (Å²) in [5, 5.41) is 4.20. The molecule has 0 fully saturated rings. The Morgan fingerprint density at radius 1 is 1.04 bits per heavy atom. The highest BCUT2D eigenvalue weighted by molar-refractivity contribution is 7.91. The minimum Gasteiger partial charge on any atom is -0.461 e. The van der Waals surface area contributed by atoms with Crippen LogP contribution in [0.5, 0.6) is 0 Å². The van der Waals surface area contributed by atoms with Gasteiger partial charge in [0.25, 0.3) is 0 Å². The molecule has 0 bridgehead atoms. The van der Waals surface area contributed by atoms with Crippen molar-refractivity contribution in [2.24, 2.45) is 0 Å². The first-order valence-corrected chi connectivity index (χ1v) is 9.11. The SMILES string of the molecule is Cc1ccc(S(=O)(=O)c2ccc3oc4c(c3c2)CNCC4)cc1.Cl. The maximum Gasteiger partial charge on any atom is 0.206 e. The number of benzene rings is 2. The number of furan rings is 1. The van der Waals surface area contributed by atoms with Gasteiger partial charge in [-0.15, -0.1) is 12.4 Å². The smallest absolute Gasteiger partial charge is 0.206 e. The van der Waals surface area contributed by atoms with Gasteiger partial charge in [0.15, 0.2) is 0 Å². The molecule has 24 heavy (non-hydrogen) atoms. The van der Waals surface area contributed by atoms with Crippen LogP contribution in [0.4, 0.5) is 0 Å². The van der Waals surface area contributed by atoms with Crippen molar-refractivity contribution < 1.29 is 12.8 Å². The van der Waals surface area contributed by atoms with Gasteiger partial charge in [-0.3, -0.25) is 0 Å². The Morgan fingerprint density at radius 3 is 2.50 bits per heavy atom. The van der Waals surface area contributed by atoms with E-state index in [0.29, 0.717) is 9.79 Å². The Hall–Kier alpha value is -1.82. The van der Waals surface area contributed by atoms with E-state index in [0.717, 1.165) is 47.4 Å². The van der Waals surface area contributed by atoms with Gasteiger partial charge in [0, 0.05) is 30.5 Å². The van der Waals surface area contributed by atoms with Crippen LogP contribution in [0.3, 0.4) is 0 Å². The van der Waals surface area contributed by atoms with Gasteiger partial charge in [0.05, 0.1) is 9.79 Å². The molecule has 1 N–H and O–H groups in total. The summed E-state index contributed by atoms with van der Waals surface area (Å²) in [6.07, 6.45) is 0.837. The van der Waals surface area contributed by atoms with E-state index in [9.17, 15) is 8.42 Å². The van der Waals surface area contributed by atoms with E-state index in [-0.39, 0.29) is 12.4 Å². The van der Waals surface area contributed by atoms with Gasteiger partial charge in [0.2, 0.25) is 9.84 Å². The second-order valence-electron chi connectivity index (χ2n) is 5.91. The molecule has 1 aliphatic heterocycles. The number of aryl methyl sites for hydroxylation is 1. The molecule has 1 aromatic heterocycles. The van der Waals surface area contributed by atoms with Crippen LogP contribution in [-0.4, -0.2) is 15.0 Å². The van der Waals surface area contributed by atoms with Crippen molar-refractivity contribution in [3.05, 3.63) is 59.4 Å². The highest BCUT2D eigenvalue weighted by atomic mass is 35.5. The summed E-state index contributed by atoms with van der Waals surface area (Å²) in [6.45, 7) is 3.55. The maximum atomic E-state index is 12.8. The third kappa shape index (κ3) is 2.73. The van der Waals surface area contributed by atoms with Gasteiger partial charge in [-0.1, -0.05) is 17.7 Å². The molecule has 4 rings (SSSR count). The highest BCUT2D eigenvalue weighted by Gasteiger charge is 2.22. The van der Waals surface area contributed by atoms with Gasteiger partial charge in [-0.2, -0.15) is 0 Å². The maximum absolute atomic E-state index is 12.8. The number of hydrogen-bond donors (Lipinski definition) is 1. The molecule has 0 saturated carbocycles. The van der Waals surface area contributed by atoms with Crippen LogP contribution in [0.2, 0.25) is 0 Å². The zero-order valence-electron chi connectivity index (χ0n) is 13.2. The van der Waals surface area contributed by atoms with Crippen LogP contribution < -0.4 is 5.32 Å². The number of fused-ring (bicyclic) bond motifs is 3. The first-order chi connectivity index (χ1) is 11.1. The number of halogens is 1. The average molecular weight is 364 g/mol. The van der Waals surface area contributed by atoms with Gasteiger partial charge in [0.1, 0.15) is 11.3 Å². The van der Waals surface area contributed by atoms with Crippen molar-refractivity contribution >= 4 is 33.2 Å². The van der Waals surface area contributed by atoms with Crippen LogP contribution in [0.25, 0.3) is 11.0 Å². The second-order valence-corrected chi connectivity index (χ2v) is 7.85. The molecule has 1 aliphatic rings. The van der Waals surface area contributed by atoms with Crippen LogP contribution >= 0.6 is 12.4 Å². The average Bonchev–Trinajstić information content (AvgIpc) is 2.93. The standard InChI is InChI=1S/C18H17NO3S.ClH/c1-12-2-4-13(5-3-12)23(20,21)14-6-7-17-15(10-14)16-11-19-9-8-18(16)22-17;/h2-7,10,19H,8-9,11H2,1H3;1H. The lowest BCUT2D eigenvalue weighted by molar-refractivity contribution is 0.500. The van der Waals surface area contributed by atoms with Crippen molar-refractivity contribution in [1.82, 2.24) is 5.32 Å². The summed E-state index contributed by atoms with van der Waals surface area (Å²) in [5.74, 6) is 0.962. The van der Waals surface area contributed by atoms with E-state index < -0.39 is 9.84 Å². The van der Waals surface area contributed by atoms with Crippen molar-refractivity contribution in [2.75, 3.05) is 6.54 Å². The van der Waals surface area contributed by atoms with Gasteiger partial charge >= 0.3 is 0 Å². The molecule has 0 unspecified atom stereocenters. The first kappa shape index (κ1) is 17.0. The molecule has 0 saturated heterocycles. The Bertz CT molecular complexity index is 991. The summed E-state index contributed by atoms with van der Waals surface area (Å²) in [5.41, 5.74) is 2.86. The molecule has 3 aromatic rings. The molecule has 2 aromatic carbocycles. The highest BCUT2D eigenvalue weighted by Crippen LogP contribution is 2.31. The fourth-order valence-electron chi connectivity index (χ4n) is 3.01. The predicted molar refractivity (Wildman–Crippen MR) is 95.5 cm³/mol. The lowest BCUT2D eigenvalue weighted by atomic mass is 10.1. The number of nitrogens with one attached hydrogen (secondary N) is 1. The van der Waals surface area contributed by atoms with E-state index in [4.69, 9.17) is 4.42 Å². The zero-order valence-corrected chi connectivity index (χ0v) is 14.8. The van der Waals surface area contributed by atoms with Gasteiger partial charge in [-0.05, 0) is 37.3 Å². The monoisotopic (exact) mass is 363 g/mol. The van der Waals surface area contributed by atoms with E-state index in [2.05, 4.69) is 5.32 Å². The number of hydrogen-bond acceptors (Lipinski definition) is 4. The van der Waals surface area contributed by atoms with Crippen molar-refractivity contribution in [2.45, 2.75) is 29.7 Å². The quantitative estimate of drug-likeness (QED) is 0.755. The number of rotatable bonds is 2. The van der Waals surface area contributed by atoms with E-state index >= 15 is 0 Å². The van der Waals surface area contributed by atoms with E-state index in [1.165, 1.54) is 0 Å². The molecule has 0 aliphatic carbocycles. The normalized spacial score (nSPS) is 14.2. The fourth-order valence-corrected chi connectivity index (χ4v) is 4.30. The molecule has 6 heteroatoms. The topological polar surface area (TPSA) is 59.3 Å².